The van der Waals surface area contributed by atoms with Crippen molar-refractivity contribution in [1.82, 2.24) is 10.4 Å². The normalized spacial score (nSPS) is 11.7. The van der Waals surface area contributed by atoms with Gasteiger partial charge in [0.15, 0.2) is 0 Å². The van der Waals surface area contributed by atoms with Gasteiger partial charge in [-0.3, -0.25) is 4.79 Å². The van der Waals surface area contributed by atoms with Crippen LogP contribution in [0.15, 0.2) is 40.8 Å². The first-order chi connectivity index (χ1) is 11.1. The largest absolute Gasteiger partial charge is 0.358 e. The van der Waals surface area contributed by atoms with E-state index >= 15 is 0 Å². The highest BCUT2D eigenvalue weighted by Gasteiger charge is 2.10. The van der Waals surface area contributed by atoms with Gasteiger partial charge in [0, 0.05) is 32.4 Å². The van der Waals surface area contributed by atoms with Crippen molar-refractivity contribution in [2.45, 2.75) is 26.7 Å². The highest BCUT2D eigenvalue weighted by atomic mass is 32.1. The first kappa shape index (κ1) is 15.5. The van der Waals surface area contributed by atoms with Crippen LogP contribution in [0.1, 0.15) is 46.3 Å². The molecule has 0 saturated carbocycles. The molecule has 1 amide bonds. The first-order valence-electron chi connectivity index (χ1n) is 7.55. The fourth-order valence-corrected chi connectivity index (χ4v) is 3.36. The molecule has 4 nitrogen and oxygen atoms in total. The molecular weight excluding hydrogens is 306 g/mol. The third-order valence-electron chi connectivity index (χ3n) is 3.75. The van der Waals surface area contributed by atoms with Gasteiger partial charge in [-0.05, 0) is 25.0 Å². The summed E-state index contributed by atoms with van der Waals surface area (Å²) in [6.07, 6.45) is 1.70. The number of carbonyl (C=O) groups is 1. The second kappa shape index (κ2) is 6.38. The molecule has 0 spiro atoms. The Balaban J connectivity index is 1.75. The van der Waals surface area contributed by atoms with Gasteiger partial charge in [-0.2, -0.15) is 5.10 Å². The number of H-pyrrole nitrogens is 1. The lowest BCUT2D eigenvalue weighted by Gasteiger charge is -1.98. The van der Waals surface area contributed by atoms with E-state index < -0.39 is 0 Å². The van der Waals surface area contributed by atoms with Crippen molar-refractivity contribution >= 4 is 34.4 Å². The average molecular weight is 325 g/mol. The predicted molar refractivity (Wildman–Crippen MR) is 96.5 cm³/mol. The van der Waals surface area contributed by atoms with E-state index in [2.05, 4.69) is 29.4 Å². The quantitative estimate of drug-likeness (QED) is 0.541. The number of rotatable bonds is 4. The van der Waals surface area contributed by atoms with E-state index in [4.69, 9.17) is 0 Å². The standard InChI is InChI=1S/C18H19N3OS/c1-11(2)17-8-13(10-23-17)18(22)21-19-9-15-12(3)20-16-7-5-4-6-14(15)16/h4-11,20H,1-3H3,(H,21,22)/b19-9-. The molecule has 23 heavy (non-hydrogen) atoms. The zero-order valence-electron chi connectivity index (χ0n) is 13.4. The predicted octanol–water partition coefficient (Wildman–Crippen LogP) is 4.43. The second-order valence-corrected chi connectivity index (χ2v) is 6.74. The van der Waals surface area contributed by atoms with Crippen molar-refractivity contribution in [2.24, 2.45) is 5.10 Å². The fourth-order valence-electron chi connectivity index (χ4n) is 2.46. The van der Waals surface area contributed by atoms with Gasteiger partial charge >= 0.3 is 0 Å². The number of fused-ring (bicyclic) bond motifs is 1. The Morgan fingerprint density at radius 2 is 2.13 bits per heavy atom. The SMILES string of the molecule is Cc1[nH]c2ccccc2c1/C=N\NC(=O)c1csc(C(C)C)c1. The summed E-state index contributed by atoms with van der Waals surface area (Å²) in [4.78, 5) is 16.6. The van der Waals surface area contributed by atoms with E-state index in [-0.39, 0.29) is 5.91 Å². The molecule has 0 aliphatic heterocycles. The molecule has 0 aliphatic rings. The maximum Gasteiger partial charge on any atom is 0.272 e. The summed E-state index contributed by atoms with van der Waals surface area (Å²) in [7, 11) is 0. The number of hydrazone groups is 1. The summed E-state index contributed by atoms with van der Waals surface area (Å²) in [5.41, 5.74) is 6.35. The minimum atomic E-state index is -0.179. The van der Waals surface area contributed by atoms with Crippen molar-refractivity contribution in [3.8, 4) is 0 Å². The van der Waals surface area contributed by atoms with E-state index in [0.717, 1.165) is 22.2 Å². The van der Waals surface area contributed by atoms with E-state index in [1.807, 2.05) is 42.6 Å². The number of benzene rings is 1. The molecule has 118 valence electrons. The number of aromatic nitrogens is 1. The number of thiophene rings is 1. The Morgan fingerprint density at radius 3 is 2.87 bits per heavy atom. The number of aromatic amines is 1. The molecule has 3 rings (SSSR count). The molecule has 3 aromatic rings. The Morgan fingerprint density at radius 1 is 1.35 bits per heavy atom. The molecule has 1 aromatic carbocycles. The minimum absolute atomic E-state index is 0.179. The molecular formula is C18H19N3OS. The van der Waals surface area contributed by atoms with Crippen LogP contribution in [-0.2, 0) is 0 Å². The number of hydrogen-bond donors (Lipinski definition) is 2. The van der Waals surface area contributed by atoms with E-state index in [0.29, 0.717) is 11.5 Å². The van der Waals surface area contributed by atoms with Crippen LogP contribution in [0, 0.1) is 6.92 Å². The lowest BCUT2D eigenvalue weighted by molar-refractivity contribution is 0.0955. The van der Waals surface area contributed by atoms with Crippen LogP contribution in [0.25, 0.3) is 10.9 Å². The third kappa shape index (κ3) is 3.19. The molecule has 2 heterocycles. The Bertz CT molecular complexity index is 873. The number of nitrogens with one attached hydrogen (secondary N) is 2. The van der Waals surface area contributed by atoms with Crippen LogP contribution in [0.3, 0.4) is 0 Å². The fraction of sp³-hybridized carbons (Fsp3) is 0.222. The molecule has 0 fully saturated rings. The van der Waals surface area contributed by atoms with Gasteiger partial charge in [-0.25, -0.2) is 5.43 Å². The summed E-state index contributed by atoms with van der Waals surface area (Å²) in [6.45, 7) is 6.23. The lowest BCUT2D eigenvalue weighted by atomic mass is 10.1. The lowest BCUT2D eigenvalue weighted by Crippen LogP contribution is -2.16. The second-order valence-electron chi connectivity index (χ2n) is 5.80. The Hall–Kier alpha value is -2.40. The van der Waals surface area contributed by atoms with Gasteiger partial charge in [0.25, 0.3) is 5.91 Å². The molecule has 0 unspecified atom stereocenters. The van der Waals surface area contributed by atoms with Crippen LogP contribution >= 0.6 is 11.3 Å². The van der Waals surface area contributed by atoms with Crippen molar-refractivity contribution in [3.05, 3.63) is 57.4 Å². The Kier molecular flexibility index (Phi) is 4.30. The topological polar surface area (TPSA) is 57.2 Å². The molecule has 5 heteroatoms. The van der Waals surface area contributed by atoms with Gasteiger partial charge in [0.1, 0.15) is 0 Å². The summed E-state index contributed by atoms with van der Waals surface area (Å²) in [5, 5.41) is 7.09. The smallest absolute Gasteiger partial charge is 0.272 e. The first-order valence-corrected chi connectivity index (χ1v) is 8.43. The highest BCUT2D eigenvalue weighted by Crippen LogP contribution is 2.23. The van der Waals surface area contributed by atoms with Crippen molar-refractivity contribution in [1.29, 1.82) is 0 Å². The van der Waals surface area contributed by atoms with Gasteiger partial charge < -0.3 is 4.98 Å². The number of para-hydroxylation sites is 1. The number of aryl methyl sites for hydroxylation is 1. The molecule has 0 aliphatic carbocycles. The van der Waals surface area contributed by atoms with Crippen molar-refractivity contribution in [2.75, 3.05) is 0 Å². The summed E-state index contributed by atoms with van der Waals surface area (Å²) in [6, 6.07) is 9.97. The van der Waals surface area contributed by atoms with Crippen molar-refractivity contribution in [3.63, 3.8) is 0 Å². The van der Waals surface area contributed by atoms with Gasteiger partial charge in [0.05, 0.1) is 11.8 Å². The highest BCUT2D eigenvalue weighted by molar-refractivity contribution is 7.10. The molecule has 2 N–H and O–H groups in total. The van der Waals surface area contributed by atoms with Crippen LogP contribution in [0.2, 0.25) is 0 Å². The van der Waals surface area contributed by atoms with Crippen LogP contribution < -0.4 is 5.43 Å². The van der Waals surface area contributed by atoms with E-state index in [1.54, 1.807) is 17.6 Å². The number of amides is 1. The zero-order valence-corrected chi connectivity index (χ0v) is 14.2. The van der Waals surface area contributed by atoms with E-state index in [9.17, 15) is 4.79 Å². The molecule has 0 atom stereocenters. The number of hydrogen-bond acceptors (Lipinski definition) is 3. The number of carbonyl (C=O) groups excluding carboxylic acids is 1. The average Bonchev–Trinajstić information content (AvgIpc) is 3.12. The third-order valence-corrected chi connectivity index (χ3v) is 4.99. The van der Waals surface area contributed by atoms with Gasteiger partial charge in [0.2, 0.25) is 0 Å². The van der Waals surface area contributed by atoms with Gasteiger partial charge in [-0.1, -0.05) is 32.0 Å². The molecule has 0 radical (unpaired) electrons. The van der Waals surface area contributed by atoms with Gasteiger partial charge in [-0.15, -0.1) is 11.3 Å². The summed E-state index contributed by atoms with van der Waals surface area (Å²) in [5.74, 6) is 0.251. The van der Waals surface area contributed by atoms with Crippen LogP contribution in [0.4, 0.5) is 0 Å². The Labute approximate surface area is 139 Å². The van der Waals surface area contributed by atoms with Crippen molar-refractivity contribution < 1.29 is 4.79 Å². The molecule has 0 bridgehead atoms. The maximum atomic E-state index is 12.1. The number of nitrogens with zero attached hydrogens (tertiary/aromatic N) is 1. The maximum absolute atomic E-state index is 12.1. The summed E-state index contributed by atoms with van der Waals surface area (Å²) >= 11 is 1.60. The van der Waals surface area contributed by atoms with Crippen LogP contribution in [-0.4, -0.2) is 17.1 Å². The van der Waals surface area contributed by atoms with E-state index in [1.165, 1.54) is 4.88 Å². The monoisotopic (exact) mass is 325 g/mol. The molecule has 0 saturated heterocycles. The molecule has 2 aromatic heterocycles. The van der Waals surface area contributed by atoms with Crippen LogP contribution in [0.5, 0.6) is 0 Å². The zero-order chi connectivity index (χ0) is 16.4. The minimum Gasteiger partial charge on any atom is -0.358 e. The summed E-state index contributed by atoms with van der Waals surface area (Å²) < 4.78 is 0.